The Morgan fingerprint density at radius 2 is 1.62 bits per heavy atom. The van der Waals surface area contributed by atoms with Crippen molar-refractivity contribution in [3.8, 4) is 0 Å². The lowest BCUT2D eigenvalue weighted by molar-refractivity contribution is -0.136. The van der Waals surface area contributed by atoms with E-state index in [1.807, 2.05) is 0 Å². The highest BCUT2D eigenvalue weighted by atomic mass is 16.2. The number of nitrogens with two attached hydrogens (primary N) is 5. The lowest BCUT2D eigenvalue weighted by atomic mass is 10.1. The third-order valence-electron chi connectivity index (χ3n) is 4.05. The zero-order valence-corrected chi connectivity index (χ0v) is 13.8. The molecule has 0 spiro atoms. The minimum atomic E-state index is -0.993. The standard InChI is InChI=1S/C14H20N8O4/c15-11(23)8-3-4-20(12(8)24)6-7-1-2-9(21(18)13(16)25)10(5-7)22(19)14(17)26/h1-2,5,8H,3-4,6,18-19H2,(H2,15,23)(H2,16,25)(H2,17,26)/t8-/m0/s1. The largest absolute Gasteiger partial charge is 0.369 e. The Hall–Kier alpha value is -3.38. The minimum Gasteiger partial charge on any atom is -0.369 e. The van der Waals surface area contributed by atoms with Crippen LogP contribution in [-0.2, 0) is 16.1 Å². The summed E-state index contributed by atoms with van der Waals surface area (Å²) >= 11 is 0. The van der Waals surface area contributed by atoms with Crippen molar-refractivity contribution < 1.29 is 19.2 Å². The highest BCUT2D eigenvalue weighted by Gasteiger charge is 2.35. The number of nitrogens with zero attached hydrogens (tertiary/aromatic N) is 3. The van der Waals surface area contributed by atoms with Crippen LogP contribution >= 0.6 is 0 Å². The molecular formula is C14H20N8O4. The van der Waals surface area contributed by atoms with Gasteiger partial charge in [0.15, 0.2) is 0 Å². The summed E-state index contributed by atoms with van der Waals surface area (Å²) in [6, 6.07) is 2.45. The Morgan fingerprint density at radius 3 is 2.12 bits per heavy atom. The van der Waals surface area contributed by atoms with Crippen LogP contribution in [0, 0.1) is 5.92 Å². The zero-order valence-electron chi connectivity index (χ0n) is 13.8. The number of benzene rings is 1. The summed E-state index contributed by atoms with van der Waals surface area (Å²) in [5, 5.41) is 1.20. The first-order valence-corrected chi connectivity index (χ1v) is 7.53. The van der Waals surface area contributed by atoms with E-state index in [4.69, 9.17) is 28.9 Å². The molecule has 0 bridgehead atoms. The molecular weight excluding hydrogens is 344 g/mol. The van der Waals surface area contributed by atoms with Crippen LogP contribution in [0.4, 0.5) is 21.0 Å². The van der Waals surface area contributed by atoms with E-state index in [1.165, 1.54) is 17.0 Å². The molecule has 0 radical (unpaired) electrons. The quantitative estimate of drug-likeness (QED) is 0.173. The van der Waals surface area contributed by atoms with Crippen LogP contribution in [-0.4, -0.2) is 35.3 Å². The summed E-state index contributed by atoms with van der Waals surface area (Å²) in [6.45, 7) is 0.500. The molecule has 1 aromatic carbocycles. The average Bonchev–Trinajstić information content (AvgIpc) is 2.94. The van der Waals surface area contributed by atoms with Crippen molar-refractivity contribution in [3.05, 3.63) is 23.8 Å². The van der Waals surface area contributed by atoms with Crippen molar-refractivity contribution in [1.82, 2.24) is 4.90 Å². The third kappa shape index (κ3) is 3.65. The summed E-state index contributed by atoms with van der Waals surface area (Å²) in [6.07, 6.45) is 0.335. The number of hydrogen-bond acceptors (Lipinski definition) is 6. The van der Waals surface area contributed by atoms with Gasteiger partial charge in [-0.25, -0.2) is 31.3 Å². The van der Waals surface area contributed by atoms with Crippen molar-refractivity contribution in [3.63, 3.8) is 0 Å². The molecule has 0 saturated carbocycles. The van der Waals surface area contributed by atoms with E-state index in [-0.39, 0.29) is 23.8 Å². The van der Waals surface area contributed by atoms with E-state index in [0.717, 1.165) is 0 Å². The molecule has 10 N–H and O–H groups in total. The van der Waals surface area contributed by atoms with Gasteiger partial charge in [0.25, 0.3) is 0 Å². The second-order valence-corrected chi connectivity index (χ2v) is 5.74. The first kappa shape index (κ1) is 19.0. The molecule has 1 fully saturated rings. The van der Waals surface area contributed by atoms with Crippen molar-refractivity contribution in [2.24, 2.45) is 34.8 Å². The molecule has 12 heteroatoms. The maximum Gasteiger partial charge on any atom is 0.333 e. The molecule has 1 aromatic rings. The second-order valence-electron chi connectivity index (χ2n) is 5.74. The van der Waals surface area contributed by atoms with Gasteiger partial charge < -0.3 is 22.1 Å². The van der Waals surface area contributed by atoms with E-state index in [9.17, 15) is 19.2 Å². The van der Waals surface area contributed by atoms with E-state index < -0.39 is 23.9 Å². The minimum absolute atomic E-state index is 0.0226. The number of hydrazine groups is 2. The number of rotatable bonds is 5. The highest BCUT2D eigenvalue weighted by molar-refractivity contribution is 6.01. The maximum atomic E-state index is 12.2. The SMILES string of the molecule is NC(=O)[C@@H]1CCN(Cc2ccc(N(N)C(N)=O)c(N(N)C(N)=O)c2)C1=O. The topological polar surface area (TPSA) is 208 Å². The van der Waals surface area contributed by atoms with Gasteiger partial charge in [0, 0.05) is 13.1 Å². The molecule has 1 heterocycles. The van der Waals surface area contributed by atoms with Gasteiger partial charge in [-0.15, -0.1) is 0 Å². The van der Waals surface area contributed by atoms with Crippen LogP contribution < -0.4 is 38.9 Å². The Balaban J connectivity index is 2.32. The Labute approximate surface area is 148 Å². The van der Waals surface area contributed by atoms with Gasteiger partial charge in [-0.2, -0.15) is 0 Å². The van der Waals surface area contributed by atoms with Gasteiger partial charge in [-0.3, -0.25) is 9.59 Å². The zero-order chi connectivity index (χ0) is 19.6. The third-order valence-corrected chi connectivity index (χ3v) is 4.05. The fourth-order valence-corrected chi connectivity index (χ4v) is 2.68. The van der Waals surface area contributed by atoms with Crippen LogP contribution in [0.15, 0.2) is 18.2 Å². The molecule has 26 heavy (non-hydrogen) atoms. The summed E-state index contributed by atoms with van der Waals surface area (Å²) in [5.74, 6) is 9.30. The van der Waals surface area contributed by atoms with Crippen molar-refractivity contribution >= 4 is 35.3 Å². The molecule has 1 saturated heterocycles. The summed E-state index contributed by atoms with van der Waals surface area (Å²) in [7, 11) is 0. The highest BCUT2D eigenvalue weighted by Crippen LogP contribution is 2.29. The van der Waals surface area contributed by atoms with Gasteiger partial charge in [-0.1, -0.05) is 6.07 Å². The van der Waals surface area contributed by atoms with Gasteiger partial charge in [0.2, 0.25) is 11.8 Å². The number of hydrogen-bond donors (Lipinski definition) is 5. The number of carbonyl (C=O) groups excluding carboxylic acids is 4. The van der Waals surface area contributed by atoms with Gasteiger partial charge in [0.1, 0.15) is 5.92 Å². The molecule has 0 aromatic heterocycles. The monoisotopic (exact) mass is 364 g/mol. The summed E-state index contributed by atoms with van der Waals surface area (Å²) < 4.78 is 0. The molecule has 0 unspecified atom stereocenters. The normalized spacial score (nSPS) is 16.5. The smallest absolute Gasteiger partial charge is 0.333 e. The molecule has 6 amide bonds. The average molecular weight is 364 g/mol. The van der Waals surface area contributed by atoms with E-state index >= 15 is 0 Å². The number of anilines is 2. The molecule has 1 aliphatic heterocycles. The van der Waals surface area contributed by atoms with Gasteiger partial charge >= 0.3 is 12.1 Å². The van der Waals surface area contributed by atoms with Gasteiger partial charge in [-0.05, 0) is 24.1 Å². The van der Waals surface area contributed by atoms with Crippen LogP contribution in [0.1, 0.15) is 12.0 Å². The number of carbonyl (C=O) groups is 4. The number of primary amides is 3. The molecule has 1 atom stereocenters. The maximum absolute atomic E-state index is 12.2. The Kier molecular flexibility index (Phi) is 5.28. The summed E-state index contributed by atoms with van der Waals surface area (Å²) in [4.78, 5) is 47.6. The Bertz CT molecular complexity index is 767. The van der Waals surface area contributed by atoms with E-state index in [0.29, 0.717) is 28.5 Å². The lowest BCUT2D eigenvalue weighted by Crippen LogP contribution is -2.46. The first-order valence-electron chi connectivity index (χ1n) is 7.53. The number of likely N-dealkylation sites (tertiary alicyclic amines) is 1. The fourth-order valence-electron chi connectivity index (χ4n) is 2.68. The van der Waals surface area contributed by atoms with Crippen molar-refractivity contribution in [1.29, 1.82) is 0 Å². The van der Waals surface area contributed by atoms with Crippen LogP contribution in [0.25, 0.3) is 0 Å². The predicted molar refractivity (Wildman–Crippen MR) is 91.7 cm³/mol. The summed E-state index contributed by atoms with van der Waals surface area (Å²) in [5.41, 5.74) is 16.1. The van der Waals surface area contributed by atoms with E-state index in [2.05, 4.69) is 0 Å². The number of amides is 6. The molecule has 2 rings (SSSR count). The van der Waals surface area contributed by atoms with Gasteiger partial charge in [0.05, 0.1) is 11.4 Å². The van der Waals surface area contributed by atoms with Crippen LogP contribution in [0.3, 0.4) is 0 Å². The molecule has 140 valence electrons. The van der Waals surface area contributed by atoms with Crippen LogP contribution in [0.5, 0.6) is 0 Å². The van der Waals surface area contributed by atoms with E-state index in [1.54, 1.807) is 6.07 Å². The Morgan fingerprint density at radius 1 is 1.04 bits per heavy atom. The molecule has 0 aliphatic carbocycles. The van der Waals surface area contributed by atoms with Crippen LogP contribution in [0.2, 0.25) is 0 Å². The molecule has 1 aliphatic rings. The van der Waals surface area contributed by atoms with Crippen molar-refractivity contribution in [2.45, 2.75) is 13.0 Å². The first-order chi connectivity index (χ1) is 12.1. The predicted octanol–water partition coefficient (Wildman–Crippen LogP) is -1.96. The molecule has 12 nitrogen and oxygen atoms in total. The lowest BCUT2D eigenvalue weighted by Gasteiger charge is -2.24. The van der Waals surface area contributed by atoms with Crippen molar-refractivity contribution in [2.75, 3.05) is 16.6 Å². The second kappa shape index (κ2) is 7.25. The fraction of sp³-hybridized carbons (Fsp3) is 0.286. The number of urea groups is 2.